The average Bonchev–Trinajstić information content (AvgIpc) is 2.62. The summed E-state index contributed by atoms with van der Waals surface area (Å²) in [7, 11) is 0. The van der Waals surface area contributed by atoms with Crippen molar-refractivity contribution in [3.63, 3.8) is 0 Å². The van der Waals surface area contributed by atoms with Crippen molar-refractivity contribution in [3.8, 4) is 0 Å². The van der Waals surface area contributed by atoms with Gasteiger partial charge in [0.15, 0.2) is 0 Å². The lowest BCUT2D eigenvalue weighted by Gasteiger charge is -2.44. The van der Waals surface area contributed by atoms with E-state index in [1.165, 1.54) is 0 Å². The van der Waals surface area contributed by atoms with E-state index in [2.05, 4.69) is 0 Å². The fourth-order valence-corrected chi connectivity index (χ4v) is 5.41. The van der Waals surface area contributed by atoms with Gasteiger partial charge in [-0.1, -0.05) is 0 Å². The topological polar surface area (TPSA) is 63.6 Å². The van der Waals surface area contributed by atoms with E-state index < -0.39 is 11.9 Å². The standard InChI is InChI=1S/C13H18O4S/c1-6-10-9(13(16)17-6)4-7-5-18-3-2-8(7)11(10)12(14)15/h6-11H,2-5H2,1H3,(H,14,15)/t6-,7-,8-,9-,10-,11+/m1/s1. The first-order valence-corrected chi connectivity index (χ1v) is 7.76. The Labute approximate surface area is 110 Å². The van der Waals surface area contributed by atoms with Gasteiger partial charge in [-0.3, -0.25) is 9.59 Å². The zero-order chi connectivity index (χ0) is 12.9. The number of cyclic esters (lactones) is 1. The molecule has 0 amide bonds. The van der Waals surface area contributed by atoms with Crippen molar-refractivity contribution in [3.05, 3.63) is 0 Å². The molecule has 0 aromatic carbocycles. The molecule has 0 bridgehead atoms. The molecule has 2 aliphatic heterocycles. The molecule has 18 heavy (non-hydrogen) atoms. The molecular weight excluding hydrogens is 252 g/mol. The summed E-state index contributed by atoms with van der Waals surface area (Å²) in [5.74, 6) is 1.07. The van der Waals surface area contributed by atoms with Gasteiger partial charge in [0.05, 0.1) is 11.8 Å². The van der Waals surface area contributed by atoms with Crippen LogP contribution in [0.2, 0.25) is 0 Å². The lowest BCUT2D eigenvalue weighted by atomic mass is 9.61. The Balaban J connectivity index is 1.94. The predicted octanol–water partition coefficient (Wildman–Crippen LogP) is 1.64. The van der Waals surface area contributed by atoms with E-state index >= 15 is 0 Å². The van der Waals surface area contributed by atoms with Crippen LogP contribution in [-0.4, -0.2) is 34.7 Å². The van der Waals surface area contributed by atoms with Gasteiger partial charge in [-0.25, -0.2) is 0 Å². The van der Waals surface area contributed by atoms with E-state index in [0.29, 0.717) is 5.92 Å². The van der Waals surface area contributed by atoms with Crippen LogP contribution in [0, 0.1) is 29.6 Å². The van der Waals surface area contributed by atoms with E-state index in [1.807, 2.05) is 18.7 Å². The zero-order valence-electron chi connectivity index (χ0n) is 10.4. The maximum Gasteiger partial charge on any atom is 0.309 e. The van der Waals surface area contributed by atoms with Gasteiger partial charge >= 0.3 is 11.9 Å². The molecule has 1 N–H and O–H groups in total. The SMILES string of the molecule is C[C@H]1OC(=O)[C@@H]2C[C@@H]3CSCC[C@H]3[C@H](C(=O)O)[C@H]12. The summed E-state index contributed by atoms with van der Waals surface area (Å²) in [6.45, 7) is 1.84. The van der Waals surface area contributed by atoms with Crippen molar-refractivity contribution < 1.29 is 19.4 Å². The van der Waals surface area contributed by atoms with E-state index in [4.69, 9.17) is 4.74 Å². The third-order valence-electron chi connectivity index (χ3n) is 4.86. The minimum atomic E-state index is -0.739. The molecule has 2 saturated heterocycles. The number of hydrogen-bond acceptors (Lipinski definition) is 4. The number of ether oxygens (including phenoxy) is 1. The van der Waals surface area contributed by atoms with E-state index in [9.17, 15) is 14.7 Å². The Morgan fingerprint density at radius 2 is 2.28 bits per heavy atom. The van der Waals surface area contributed by atoms with Crippen LogP contribution in [0.3, 0.4) is 0 Å². The first-order chi connectivity index (χ1) is 8.59. The molecule has 6 atom stereocenters. The number of rotatable bonds is 1. The molecule has 0 aromatic rings. The van der Waals surface area contributed by atoms with Gasteiger partial charge in [-0.15, -0.1) is 0 Å². The van der Waals surface area contributed by atoms with Crippen LogP contribution in [0.1, 0.15) is 19.8 Å². The first kappa shape index (κ1) is 12.3. The summed E-state index contributed by atoms with van der Waals surface area (Å²) >= 11 is 1.89. The summed E-state index contributed by atoms with van der Waals surface area (Å²) in [4.78, 5) is 23.5. The zero-order valence-corrected chi connectivity index (χ0v) is 11.2. The highest BCUT2D eigenvalue weighted by molar-refractivity contribution is 7.99. The molecule has 0 spiro atoms. The summed E-state index contributed by atoms with van der Waals surface area (Å²) in [5.41, 5.74) is 0. The Bertz CT molecular complexity index is 383. The second-order valence-corrected chi connectivity index (χ2v) is 6.86. The van der Waals surface area contributed by atoms with Crippen molar-refractivity contribution >= 4 is 23.7 Å². The maximum atomic E-state index is 11.8. The molecule has 3 aliphatic rings. The largest absolute Gasteiger partial charge is 0.481 e. The smallest absolute Gasteiger partial charge is 0.309 e. The monoisotopic (exact) mass is 270 g/mol. The highest BCUT2D eigenvalue weighted by Crippen LogP contribution is 2.52. The summed E-state index contributed by atoms with van der Waals surface area (Å²) < 4.78 is 5.29. The molecule has 0 aromatic heterocycles. The minimum Gasteiger partial charge on any atom is -0.481 e. The number of carboxylic acid groups (broad SMARTS) is 1. The fraction of sp³-hybridized carbons (Fsp3) is 0.846. The van der Waals surface area contributed by atoms with Crippen molar-refractivity contribution in [1.82, 2.24) is 0 Å². The number of carbonyl (C=O) groups excluding carboxylic acids is 1. The Morgan fingerprint density at radius 1 is 1.50 bits per heavy atom. The molecule has 5 heteroatoms. The Kier molecular flexibility index (Phi) is 3.04. The maximum absolute atomic E-state index is 11.8. The minimum absolute atomic E-state index is 0.112. The molecule has 0 radical (unpaired) electrons. The summed E-state index contributed by atoms with van der Waals surface area (Å²) in [5, 5.41) is 9.55. The molecule has 4 nitrogen and oxygen atoms in total. The van der Waals surface area contributed by atoms with Crippen LogP contribution in [0.4, 0.5) is 0 Å². The third kappa shape index (κ3) is 1.75. The number of esters is 1. The molecule has 100 valence electrons. The predicted molar refractivity (Wildman–Crippen MR) is 67.2 cm³/mol. The normalized spacial score (nSPS) is 47.1. The second kappa shape index (κ2) is 4.44. The lowest BCUT2D eigenvalue weighted by molar-refractivity contribution is -0.151. The molecule has 3 fully saturated rings. The van der Waals surface area contributed by atoms with Gasteiger partial charge in [0.1, 0.15) is 6.10 Å². The van der Waals surface area contributed by atoms with Crippen molar-refractivity contribution in [2.75, 3.05) is 11.5 Å². The summed E-state index contributed by atoms with van der Waals surface area (Å²) in [6.07, 6.45) is 1.56. The quantitative estimate of drug-likeness (QED) is 0.734. The van der Waals surface area contributed by atoms with Gasteiger partial charge in [-0.05, 0) is 43.1 Å². The number of aliphatic carboxylic acids is 1. The molecule has 1 saturated carbocycles. The van der Waals surface area contributed by atoms with Crippen molar-refractivity contribution in [2.24, 2.45) is 29.6 Å². The number of carboxylic acids is 1. The molecule has 1 aliphatic carbocycles. The third-order valence-corrected chi connectivity index (χ3v) is 6.05. The van der Waals surface area contributed by atoms with E-state index in [-0.39, 0.29) is 29.8 Å². The molecule has 2 heterocycles. The molecular formula is C13H18O4S. The van der Waals surface area contributed by atoms with Crippen LogP contribution in [0.15, 0.2) is 0 Å². The number of thioether (sulfide) groups is 1. The van der Waals surface area contributed by atoms with Crippen LogP contribution < -0.4 is 0 Å². The number of fused-ring (bicyclic) bond motifs is 2. The van der Waals surface area contributed by atoms with Crippen LogP contribution in [-0.2, 0) is 14.3 Å². The second-order valence-electron chi connectivity index (χ2n) is 5.71. The van der Waals surface area contributed by atoms with Gasteiger partial charge in [0.2, 0.25) is 0 Å². The fourth-order valence-electron chi connectivity index (χ4n) is 4.12. The Morgan fingerprint density at radius 3 is 3.00 bits per heavy atom. The van der Waals surface area contributed by atoms with Crippen molar-refractivity contribution in [2.45, 2.75) is 25.9 Å². The van der Waals surface area contributed by atoms with E-state index in [0.717, 1.165) is 24.3 Å². The van der Waals surface area contributed by atoms with E-state index in [1.54, 1.807) is 0 Å². The van der Waals surface area contributed by atoms with Gasteiger partial charge in [0, 0.05) is 5.92 Å². The molecule has 3 rings (SSSR count). The van der Waals surface area contributed by atoms with Gasteiger partial charge < -0.3 is 9.84 Å². The highest BCUT2D eigenvalue weighted by atomic mass is 32.2. The van der Waals surface area contributed by atoms with Crippen molar-refractivity contribution in [1.29, 1.82) is 0 Å². The molecule has 0 unspecified atom stereocenters. The summed E-state index contributed by atoms with van der Waals surface area (Å²) in [6, 6.07) is 0. The van der Waals surface area contributed by atoms with Gasteiger partial charge in [0.25, 0.3) is 0 Å². The van der Waals surface area contributed by atoms with Crippen LogP contribution in [0.5, 0.6) is 0 Å². The lowest BCUT2D eigenvalue weighted by Crippen LogP contribution is -2.48. The van der Waals surface area contributed by atoms with Gasteiger partial charge in [-0.2, -0.15) is 11.8 Å². The van der Waals surface area contributed by atoms with Crippen LogP contribution >= 0.6 is 11.8 Å². The highest BCUT2D eigenvalue weighted by Gasteiger charge is 2.57. The first-order valence-electron chi connectivity index (χ1n) is 6.60. The Hall–Kier alpha value is -0.710. The number of hydrogen-bond donors (Lipinski definition) is 1. The average molecular weight is 270 g/mol. The van der Waals surface area contributed by atoms with Crippen LogP contribution in [0.25, 0.3) is 0 Å². The number of carbonyl (C=O) groups is 2.